The van der Waals surface area contributed by atoms with Crippen molar-refractivity contribution in [1.29, 1.82) is 0 Å². The summed E-state index contributed by atoms with van der Waals surface area (Å²) < 4.78 is 1.85. The van der Waals surface area contributed by atoms with E-state index in [1.54, 1.807) is 6.33 Å². The van der Waals surface area contributed by atoms with E-state index < -0.39 is 5.97 Å². The van der Waals surface area contributed by atoms with Crippen LogP contribution in [0.2, 0.25) is 0 Å². The first-order chi connectivity index (χ1) is 8.08. The van der Waals surface area contributed by atoms with Crippen LogP contribution in [0.25, 0.3) is 5.65 Å². The highest BCUT2D eigenvalue weighted by Crippen LogP contribution is 2.19. The molecule has 2 rings (SSSR count). The van der Waals surface area contributed by atoms with Gasteiger partial charge in [0.25, 0.3) is 0 Å². The molecule has 1 N–H and O–H groups in total. The van der Waals surface area contributed by atoms with Crippen molar-refractivity contribution in [3.63, 3.8) is 0 Å². The molecule has 2 aromatic heterocycles. The molecule has 2 heterocycles. The summed E-state index contributed by atoms with van der Waals surface area (Å²) in [6.45, 7) is 4.17. The molecule has 0 aliphatic heterocycles. The number of imidazole rings is 1. The lowest BCUT2D eigenvalue weighted by Gasteiger charge is -2.04. The number of rotatable bonds is 4. The number of carbonyl (C=O) groups is 1. The molecule has 0 radical (unpaired) electrons. The topological polar surface area (TPSA) is 67.5 Å². The Balaban J connectivity index is 2.36. The Hall–Kier alpha value is -1.91. The Labute approximate surface area is 99.1 Å². The molecule has 0 bridgehead atoms. The summed E-state index contributed by atoms with van der Waals surface area (Å²) in [5.74, 6) is -0.454. The van der Waals surface area contributed by atoms with Gasteiger partial charge in [0.2, 0.25) is 0 Å². The number of hydrogen-bond acceptors (Lipinski definition) is 3. The average Bonchev–Trinajstić information content (AvgIpc) is 2.68. The lowest BCUT2D eigenvalue weighted by Crippen LogP contribution is -1.97. The summed E-state index contributed by atoms with van der Waals surface area (Å²) >= 11 is 0. The van der Waals surface area contributed by atoms with Gasteiger partial charge in [-0.1, -0.05) is 13.8 Å². The second kappa shape index (κ2) is 4.53. The molecule has 0 aliphatic rings. The highest BCUT2D eigenvalue weighted by molar-refractivity contribution is 5.67. The van der Waals surface area contributed by atoms with Crippen molar-refractivity contribution in [1.82, 2.24) is 14.4 Å². The number of carboxylic acids is 1. The van der Waals surface area contributed by atoms with Crippen LogP contribution in [0.4, 0.5) is 0 Å². The van der Waals surface area contributed by atoms with E-state index in [2.05, 4.69) is 23.8 Å². The predicted molar refractivity (Wildman–Crippen MR) is 63.0 cm³/mol. The quantitative estimate of drug-likeness (QED) is 0.875. The molecule has 0 unspecified atom stereocenters. The average molecular weight is 233 g/mol. The van der Waals surface area contributed by atoms with Gasteiger partial charge in [0.1, 0.15) is 12.0 Å². The standard InChI is InChI=1S/C12H15N3O2/c1-8(2)10-5-13-7-15-6-9(14-12(10)15)3-4-11(16)17/h5-8H,3-4H2,1-2H3,(H,16,17). The zero-order valence-corrected chi connectivity index (χ0v) is 9.92. The fourth-order valence-corrected chi connectivity index (χ4v) is 1.75. The second-order valence-corrected chi connectivity index (χ2v) is 4.36. The van der Waals surface area contributed by atoms with Crippen LogP contribution in [0.3, 0.4) is 0 Å². The SMILES string of the molecule is CC(C)c1cncn2cc(CCC(=O)O)nc12. The zero-order chi connectivity index (χ0) is 12.4. The van der Waals surface area contributed by atoms with Gasteiger partial charge in [-0.25, -0.2) is 9.97 Å². The van der Waals surface area contributed by atoms with Gasteiger partial charge in [-0.05, 0) is 5.92 Å². The van der Waals surface area contributed by atoms with Crippen LogP contribution in [0.15, 0.2) is 18.7 Å². The molecule has 0 spiro atoms. The molecule has 90 valence electrons. The first-order valence-electron chi connectivity index (χ1n) is 5.61. The van der Waals surface area contributed by atoms with E-state index in [4.69, 9.17) is 5.11 Å². The summed E-state index contributed by atoms with van der Waals surface area (Å²) in [6, 6.07) is 0. The maximum Gasteiger partial charge on any atom is 0.303 e. The molecule has 0 aliphatic carbocycles. The monoisotopic (exact) mass is 233 g/mol. The molecule has 17 heavy (non-hydrogen) atoms. The Bertz CT molecular complexity index is 546. The molecule has 0 amide bonds. The van der Waals surface area contributed by atoms with Gasteiger partial charge in [-0.15, -0.1) is 0 Å². The van der Waals surface area contributed by atoms with Crippen LogP contribution in [-0.2, 0) is 11.2 Å². The second-order valence-electron chi connectivity index (χ2n) is 4.36. The number of hydrogen-bond donors (Lipinski definition) is 1. The largest absolute Gasteiger partial charge is 0.481 e. The van der Waals surface area contributed by atoms with E-state index in [0.717, 1.165) is 16.9 Å². The molecule has 0 saturated heterocycles. The van der Waals surface area contributed by atoms with Gasteiger partial charge in [0, 0.05) is 24.4 Å². The number of aromatic nitrogens is 3. The minimum atomic E-state index is -0.802. The lowest BCUT2D eigenvalue weighted by atomic mass is 10.1. The number of nitrogens with zero attached hydrogens (tertiary/aromatic N) is 3. The van der Waals surface area contributed by atoms with Crippen LogP contribution in [0, 0.1) is 0 Å². The normalized spacial score (nSPS) is 11.2. The molecule has 5 heteroatoms. The summed E-state index contributed by atoms with van der Waals surface area (Å²) in [4.78, 5) is 19.1. The zero-order valence-electron chi connectivity index (χ0n) is 9.92. The minimum Gasteiger partial charge on any atom is -0.481 e. The fraction of sp³-hybridized carbons (Fsp3) is 0.417. The van der Waals surface area contributed by atoms with Crippen molar-refractivity contribution >= 4 is 11.6 Å². The molecule has 2 aromatic rings. The third-order valence-electron chi connectivity index (χ3n) is 2.66. The first kappa shape index (κ1) is 11.6. The summed E-state index contributed by atoms with van der Waals surface area (Å²) in [7, 11) is 0. The van der Waals surface area contributed by atoms with Crippen LogP contribution in [0.1, 0.15) is 37.4 Å². The van der Waals surface area contributed by atoms with Gasteiger partial charge in [-0.2, -0.15) is 0 Å². The Morgan fingerprint density at radius 3 is 2.94 bits per heavy atom. The molecule has 0 saturated carbocycles. The van der Waals surface area contributed by atoms with Gasteiger partial charge < -0.3 is 5.11 Å². The maximum atomic E-state index is 10.5. The van der Waals surface area contributed by atoms with Crippen molar-refractivity contribution in [2.45, 2.75) is 32.6 Å². The predicted octanol–water partition coefficient (Wildman–Crippen LogP) is 1.87. The van der Waals surface area contributed by atoms with Crippen LogP contribution < -0.4 is 0 Å². The van der Waals surface area contributed by atoms with Crippen molar-refractivity contribution in [2.75, 3.05) is 0 Å². The molecule has 5 nitrogen and oxygen atoms in total. The highest BCUT2D eigenvalue weighted by atomic mass is 16.4. The lowest BCUT2D eigenvalue weighted by molar-refractivity contribution is -0.136. The van der Waals surface area contributed by atoms with Crippen LogP contribution >= 0.6 is 0 Å². The molecular weight excluding hydrogens is 218 g/mol. The van der Waals surface area contributed by atoms with Gasteiger partial charge in [0.15, 0.2) is 0 Å². The molecule has 0 fully saturated rings. The van der Waals surface area contributed by atoms with Crippen molar-refractivity contribution < 1.29 is 9.90 Å². The number of fused-ring (bicyclic) bond motifs is 1. The van der Waals surface area contributed by atoms with Crippen LogP contribution in [0.5, 0.6) is 0 Å². The van der Waals surface area contributed by atoms with E-state index >= 15 is 0 Å². The van der Waals surface area contributed by atoms with E-state index in [9.17, 15) is 4.79 Å². The Morgan fingerprint density at radius 1 is 1.53 bits per heavy atom. The smallest absolute Gasteiger partial charge is 0.303 e. The Morgan fingerprint density at radius 2 is 2.29 bits per heavy atom. The molecule has 0 atom stereocenters. The van der Waals surface area contributed by atoms with E-state index in [1.807, 2.05) is 16.8 Å². The van der Waals surface area contributed by atoms with Crippen molar-refractivity contribution in [2.24, 2.45) is 0 Å². The van der Waals surface area contributed by atoms with Gasteiger partial charge in [0.05, 0.1) is 12.1 Å². The van der Waals surface area contributed by atoms with E-state index in [1.165, 1.54) is 0 Å². The highest BCUT2D eigenvalue weighted by Gasteiger charge is 2.10. The van der Waals surface area contributed by atoms with E-state index in [-0.39, 0.29) is 6.42 Å². The fourth-order valence-electron chi connectivity index (χ4n) is 1.75. The molecule has 0 aromatic carbocycles. The minimum absolute atomic E-state index is 0.105. The molecular formula is C12H15N3O2. The third kappa shape index (κ3) is 2.43. The van der Waals surface area contributed by atoms with Crippen molar-refractivity contribution in [3.8, 4) is 0 Å². The maximum absolute atomic E-state index is 10.5. The van der Waals surface area contributed by atoms with Gasteiger partial charge >= 0.3 is 5.97 Å². The number of aliphatic carboxylic acids is 1. The van der Waals surface area contributed by atoms with Crippen molar-refractivity contribution in [3.05, 3.63) is 30.0 Å². The third-order valence-corrected chi connectivity index (χ3v) is 2.66. The summed E-state index contributed by atoms with van der Waals surface area (Å²) in [6.07, 6.45) is 5.91. The van der Waals surface area contributed by atoms with Gasteiger partial charge in [-0.3, -0.25) is 9.20 Å². The first-order valence-corrected chi connectivity index (χ1v) is 5.61. The van der Waals surface area contributed by atoms with Crippen LogP contribution in [-0.4, -0.2) is 25.4 Å². The number of carboxylic acid groups (broad SMARTS) is 1. The summed E-state index contributed by atoms with van der Waals surface area (Å²) in [5, 5.41) is 8.65. The Kier molecular flexibility index (Phi) is 3.08. The summed E-state index contributed by atoms with van der Waals surface area (Å²) in [5.41, 5.74) is 2.74. The number of aryl methyl sites for hydroxylation is 1. The van der Waals surface area contributed by atoms with E-state index in [0.29, 0.717) is 12.3 Å².